The van der Waals surface area contributed by atoms with E-state index >= 15 is 0 Å². The molecular formula is C20H23N5O2S. The van der Waals surface area contributed by atoms with E-state index in [0.717, 1.165) is 40.7 Å². The number of benzene rings is 2. The highest BCUT2D eigenvalue weighted by atomic mass is 32.2. The average molecular weight is 398 g/mol. The number of hydrogen-bond acceptors (Lipinski definition) is 6. The third-order valence-corrected chi connectivity index (χ3v) is 5.94. The van der Waals surface area contributed by atoms with Gasteiger partial charge in [0, 0.05) is 31.2 Å². The third-order valence-electron chi connectivity index (χ3n) is 4.80. The maximum absolute atomic E-state index is 12.8. The second-order valence-electron chi connectivity index (χ2n) is 6.72. The minimum absolute atomic E-state index is 0.0581. The molecule has 0 spiro atoms. The van der Waals surface area contributed by atoms with Crippen LogP contribution in [0.1, 0.15) is 6.92 Å². The van der Waals surface area contributed by atoms with Crippen LogP contribution in [0.25, 0.3) is 10.8 Å². The van der Waals surface area contributed by atoms with E-state index in [1.807, 2.05) is 61.0 Å². The summed E-state index contributed by atoms with van der Waals surface area (Å²) < 4.78 is 7.34. The molecule has 28 heavy (non-hydrogen) atoms. The van der Waals surface area contributed by atoms with Gasteiger partial charge in [0.1, 0.15) is 0 Å². The van der Waals surface area contributed by atoms with Crippen LogP contribution in [0.3, 0.4) is 0 Å². The number of ether oxygens (including phenoxy) is 1. The highest BCUT2D eigenvalue weighted by Gasteiger charge is 2.22. The first-order chi connectivity index (χ1) is 13.6. The van der Waals surface area contributed by atoms with Crippen LogP contribution in [0.4, 0.5) is 11.6 Å². The summed E-state index contributed by atoms with van der Waals surface area (Å²) in [5, 5.41) is 14.2. The fourth-order valence-corrected chi connectivity index (χ4v) is 4.04. The molecule has 0 bridgehead atoms. The van der Waals surface area contributed by atoms with Gasteiger partial charge in [-0.15, -0.1) is 10.2 Å². The summed E-state index contributed by atoms with van der Waals surface area (Å²) in [5.74, 6) is 0.754. The molecule has 1 unspecified atom stereocenters. The van der Waals surface area contributed by atoms with E-state index in [0.29, 0.717) is 13.2 Å². The maximum atomic E-state index is 12.8. The summed E-state index contributed by atoms with van der Waals surface area (Å²) in [6.45, 7) is 4.87. The number of carbonyl (C=O) groups excluding carboxylic acids is 1. The van der Waals surface area contributed by atoms with Gasteiger partial charge in [0.15, 0.2) is 5.16 Å². The van der Waals surface area contributed by atoms with Crippen molar-refractivity contribution in [2.24, 2.45) is 7.05 Å². The Hall–Kier alpha value is -2.58. The van der Waals surface area contributed by atoms with Crippen molar-refractivity contribution < 1.29 is 9.53 Å². The monoisotopic (exact) mass is 397 g/mol. The SMILES string of the molecule is CC(Sc1nnc(N2CCOCC2)n1C)C(=O)Nc1cccc2ccccc12. The molecule has 1 N–H and O–H groups in total. The van der Waals surface area contributed by atoms with Crippen LogP contribution in [0.5, 0.6) is 0 Å². The maximum Gasteiger partial charge on any atom is 0.237 e. The number of morpholine rings is 1. The lowest BCUT2D eigenvalue weighted by Crippen LogP contribution is -2.37. The number of fused-ring (bicyclic) bond motifs is 1. The summed E-state index contributed by atoms with van der Waals surface area (Å²) in [4.78, 5) is 14.9. The van der Waals surface area contributed by atoms with E-state index in [-0.39, 0.29) is 11.2 Å². The van der Waals surface area contributed by atoms with Crippen molar-refractivity contribution in [3.8, 4) is 0 Å². The van der Waals surface area contributed by atoms with E-state index in [4.69, 9.17) is 4.74 Å². The van der Waals surface area contributed by atoms with Crippen molar-refractivity contribution in [3.63, 3.8) is 0 Å². The van der Waals surface area contributed by atoms with E-state index in [2.05, 4.69) is 20.4 Å². The Balaban J connectivity index is 1.45. The Morgan fingerprint density at radius 3 is 2.71 bits per heavy atom. The van der Waals surface area contributed by atoms with Gasteiger partial charge in [0.2, 0.25) is 11.9 Å². The van der Waals surface area contributed by atoms with Crippen LogP contribution in [-0.4, -0.2) is 52.2 Å². The van der Waals surface area contributed by atoms with Crippen LogP contribution < -0.4 is 10.2 Å². The highest BCUT2D eigenvalue weighted by Crippen LogP contribution is 2.27. The summed E-state index contributed by atoms with van der Waals surface area (Å²) in [7, 11) is 1.93. The molecule has 1 aliphatic rings. The predicted molar refractivity (Wildman–Crippen MR) is 112 cm³/mol. The molecule has 7 nitrogen and oxygen atoms in total. The second-order valence-corrected chi connectivity index (χ2v) is 8.03. The molecule has 1 amide bonds. The minimum Gasteiger partial charge on any atom is -0.378 e. The molecular weight excluding hydrogens is 374 g/mol. The molecule has 8 heteroatoms. The molecule has 2 aromatic carbocycles. The molecule has 0 aliphatic carbocycles. The van der Waals surface area contributed by atoms with Crippen molar-refractivity contribution >= 4 is 40.1 Å². The topological polar surface area (TPSA) is 72.3 Å². The Labute approximate surface area is 168 Å². The van der Waals surface area contributed by atoms with Crippen LogP contribution in [0.2, 0.25) is 0 Å². The van der Waals surface area contributed by atoms with Gasteiger partial charge in [0.05, 0.1) is 18.5 Å². The lowest BCUT2D eigenvalue weighted by atomic mass is 10.1. The van der Waals surface area contributed by atoms with Gasteiger partial charge in [-0.2, -0.15) is 0 Å². The predicted octanol–water partition coefficient (Wildman–Crippen LogP) is 2.92. The van der Waals surface area contributed by atoms with Gasteiger partial charge < -0.3 is 15.0 Å². The number of carbonyl (C=O) groups is 1. The molecule has 146 valence electrons. The zero-order valence-electron chi connectivity index (χ0n) is 16.0. The van der Waals surface area contributed by atoms with Gasteiger partial charge in [-0.25, -0.2) is 0 Å². The lowest BCUT2D eigenvalue weighted by Gasteiger charge is -2.27. The second kappa shape index (κ2) is 8.20. The number of aromatic nitrogens is 3. The molecule has 1 fully saturated rings. The number of anilines is 2. The van der Waals surface area contributed by atoms with Crippen molar-refractivity contribution in [1.82, 2.24) is 14.8 Å². The number of nitrogens with zero attached hydrogens (tertiary/aromatic N) is 4. The average Bonchev–Trinajstić information content (AvgIpc) is 3.09. The molecule has 1 saturated heterocycles. The molecule has 4 rings (SSSR count). The van der Waals surface area contributed by atoms with Crippen LogP contribution in [0, 0.1) is 0 Å². The molecule has 3 aromatic rings. The number of amides is 1. The number of thioether (sulfide) groups is 1. The van der Waals surface area contributed by atoms with E-state index in [9.17, 15) is 4.79 Å². The van der Waals surface area contributed by atoms with Crippen molar-refractivity contribution in [2.75, 3.05) is 36.5 Å². The summed E-state index contributed by atoms with van der Waals surface area (Å²) in [6, 6.07) is 13.9. The largest absolute Gasteiger partial charge is 0.378 e. The number of nitrogens with one attached hydrogen (secondary N) is 1. The van der Waals surface area contributed by atoms with Gasteiger partial charge in [-0.3, -0.25) is 9.36 Å². The first-order valence-corrected chi connectivity index (χ1v) is 10.2. The van der Waals surface area contributed by atoms with Crippen molar-refractivity contribution in [3.05, 3.63) is 42.5 Å². The first kappa shape index (κ1) is 18.8. The van der Waals surface area contributed by atoms with Gasteiger partial charge in [0.25, 0.3) is 0 Å². The molecule has 0 saturated carbocycles. The van der Waals surface area contributed by atoms with Crippen molar-refractivity contribution in [1.29, 1.82) is 0 Å². The molecule has 0 radical (unpaired) electrons. The highest BCUT2D eigenvalue weighted by molar-refractivity contribution is 8.00. The van der Waals surface area contributed by atoms with Crippen LogP contribution in [0.15, 0.2) is 47.6 Å². The Morgan fingerprint density at radius 1 is 1.14 bits per heavy atom. The Morgan fingerprint density at radius 2 is 1.89 bits per heavy atom. The third kappa shape index (κ3) is 3.83. The number of rotatable bonds is 5. The summed E-state index contributed by atoms with van der Waals surface area (Å²) in [6.07, 6.45) is 0. The molecule has 1 atom stereocenters. The van der Waals surface area contributed by atoms with Crippen molar-refractivity contribution in [2.45, 2.75) is 17.3 Å². The van der Waals surface area contributed by atoms with E-state index in [1.54, 1.807) is 0 Å². The van der Waals surface area contributed by atoms with Crippen LogP contribution >= 0.6 is 11.8 Å². The lowest BCUT2D eigenvalue weighted by molar-refractivity contribution is -0.115. The van der Waals surface area contributed by atoms with E-state index < -0.39 is 0 Å². The Bertz CT molecular complexity index is 978. The zero-order valence-corrected chi connectivity index (χ0v) is 16.8. The van der Waals surface area contributed by atoms with E-state index in [1.165, 1.54) is 11.8 Å². The molecule has 1 aromatic heterocycles. The minimum atomic E-state index is -0.306. The fourth-order valence-electron chi connectivity index (χ4n) is 3.23. The molecule has 1 aliphatic heterocycles. The Kier molecular flexibility index (Phi) is 5.50. The molecule has 2 heterocycles. The normalized spacial score (nSPS) is 15.6. The standard InChI is InChI=1S/C20H23N5O2S/c1-14(18(26)21-17-9-5-7-15-6-3-4-8-16(15)17)28-20-23-22-19(24(20)2)25-10-12-27-13-11-25/h3-9,14H,10-13H2,1-2H3,(H,21,26). The summed E-state index contributed by atoms with van der Waals surface area (Å²) >= 11 is 1.41. The fraction of sp³-hybridized carbons (Fsp3) is 0.350. The summed E-state index contributed by atoms with van der Waals surface area (Å²) in [5.41, 5.74) is 0.822. The van der Waals surface area contributed by atoms with Crippen LogP contribution in [-0.2, 0) is 16.6 Å². The first-order valence-electron chi connectivity index (χ1n) is 9.31. The van der Waals surface area contributed by atoms with Gasteiger partial charge in [-0.1, -0.05) is 48.2 Å². The number of hydrogen-bond donors (Lipinski definition) is 1. The van der Waals surface area contributed by atoms with Gasteiger partial charge >= 0.3 is 0 Å². The smallest absolute Gasteiger partial charge is 0.237 e. The zero-order chi connectivity index (χ0) is 19.5. The van der Waals surface area contributed by atoms with Gasteiger partial charge in [-0.05, 0) is 18.4 Å². The quantitative estimate of drug-likeness (QED) is 0.668.